The van der Waals surface area contributed by atoms with Crippen LogP contribution in [0.3, 0.4) is 0 Å². The molecule has 7 nitrogen and oxygen atoms in total. The van der Waals surface area contributed by atoms with E-state index in [0.29, 0.717) is 0 Å². The lowest BCUT2D eigenvalue weighted by atomic mass is 10.2. The van der Waals surface area contributed by atoms with Gasteiger partial charge in [0.2, 0.25) is 10.0 Å². The molecule has 1 atom stereocenters. The Balaban J connectivity index is 2.04. The minimum Gasteiger partial charge on any atom is -0.449 e. The van der Waals surface area contributed by atoms with Gasteiger partial charge in [-0.2, -0.15) is 0 Å². The third-order valence-corrected chi connectivity index (χ3v) is 5.16. The number of nitrogens with one attached hydrogen (secondary N) is 2. The van der Waals surface area contributed by atoms with E-state index in [2.05, 4.69) is 4.72 Å². The Morgan fingerprint density at radius 1 is 1.07 bits per heavy atom. The standard InChI is InChI=1S/C18H18F2N2O5S/c1-3-21-28(25,26)13-9-7-12(8-10-13)18(24)27-11(2)17(23)22-16-14(19)5-4-6-15(16)20/h4-11,21H,3H2,1-2H3,(H,22,23)/t11-/m1/s1. The van der Waals surface area contributed by atoms with Crippen molar-refractivity contribution in [1.29, 1.82) is 0 Å². The second kappa shape index (κ2) is 8.89. The second-order valence-electron chi connectivity index (χ2n) is 5.66. The molecule has 2 N–H and O–H groups in total. The minimum absolute atomic E-state index is 0.00664. The van der Waals surface area contributed by atoms with Crippen molar-refractivity contribution < 1.29 is 31.5 Å². The maximum atomic E-state index is 13.6. The Bertz CT molecular complexity index is 958. The van der Waals surface area contributed by atoms with Gasteiger partial charge in [-0.1, -0.05) is 13.0 Å². The third-order valence-electron chi connectivity index (χ3n) is 3.60. The number of benzene rings is 2. The van der Waals surface area contributed by atoms with E-state index in [1.807, 2.05) is 5.32 Å². The van der Waals surface area contributed by atoms with Crippen molar-refractivity contribution >= 4 is 27.6 Å². The van der Waals surface area contributed by atoms with Crippen LogP contribution in [0.15, 0.2) is 47.4 Å². The Labute approximate surface area is 160 Å². The van der Waals surface area contributed by atoms with Crippen molar-refractivity contribution in [1.82, 2.24) is 4.72 Å². The monoisotopic (exact) mass is 412 g/mol. The fourth-order valence-electron chi connectivity index (χ4n) is 2.17. The molecule has 10 heteroatoms. The summed E-state index contributed by atoms with van der Waals surface area (Å²) in [5, 5.41) is 2.02. The van der Waals surface area contributed by atoms with Gasteiger partial charge in [0, 0.05) is 6.54 Å². The van der Waals surface area contributed by atoms with Crippen LogP contribution in [0.2, 0.25) is 0 Å². The van der Waals surface area contributed by atoms with Crippen molar-refractivity contribution in [3.05, 3.63) is 59.7 Å². The quantitative estimate of drug-likeness (QED) is 0.681. The van der Waals surface area contributed by atoms with Crippen LogP contribution in [0.4, 0.5) is 14.5 Å². The Morgan fingerprint density at radius 2 is 1.64 bits per heavy atom. The first kappa shape index (κ1) is 21.5. The summed E-state index contributed by atoms with van der Waals surface area (Å²) in [6, 6.07) is 7.98. The van der Waals surface area contributed by atoms with Crippen molar-refractivity contribution in [3.8, 4) is 0 Å². The Kier molecular flexibility index (Phi) is 6.81. The molecular formula is C18H18F2N2O5S. The van der Waals surface area contributed by atoms with Gasteiger partial charge in [0.05, 0.1) is 10.5 Å². The molecule has 0 fully saturated rings. The molecule has 28 heavy (non-hydrogen) atoms. The van der Waals surface area contributed by atoms with Crippen LogP contribution in [0.5, 0.6) is 0 Å². The smallest absolute Gasteiger partial charge is 0.338 e. The zero-order valence-electron chi connectivity index (χ0n) is 15.0. The van der Waals surface area contributed by atoms with Gasteiger partial charge in [-0.3, -0.25) is 4.79 Å². The Hall–Kier alpha value is -2.85. The first-order valence-corrected chi connectivity index (χ1v) is 9.69. The molecule has 0 spiro atoms. The van der Waals surface area contributed by atoms with E-state index in [0.717, 1.165) is 18.2 Å². The molecule has 0 bridgehead atoms. The summed E-state index contributed by atoms with van der Waals surface area (Å²) in [6.07, 6.45) is -1.35. The molecule has 0 aliphatic heterocycles. The lowest BCUT2D eigenvalue weighted by molar-refractivity contribution is -0.123. The zero-order valence-corrected chi connectivity index (χ0v) is 15.8. The fraction of sp³-hybridized carbons (Fsp3) is 0.222. The van der Waals surface area contributed by atoms with Crippen molar-refractivity contribution in [2.24, 2.45) is 0 Å². The van der Waals surface area contributed by atoms with E-state index < -0.39 is 45.3 Å². The number of esters is 1. The first-order chi connectivity index (χ1) is 13.2. The summed E-state index contributed by atoms with van der Waals surface area (Å²) < 4.78 is 58.2. The number of hydrogen-bond acceptors (Lipinski definition) is 5. The average molecular weight is 412 g/mol. The second-order valence-corrected chi connectivity index (χ2v) is 7.43. The van der Waals surface area contributed by atoms with Crippen molar-refractivity contribution in [2.45, 2.75) is 24.8 Å². The van der Waals surface area contributed by atoms with Crippen molar-refractivity contribution in [2.75, 3.05) is 11.9 Å². The molecular weight excluding hydrogens is 394 g/mol. The van der Waals surface area contributed by atoms with E-state index in [1.54, 1.807) is 6.92 Å². The van der Waals surface area contributed by atoms with E-state index >= 15 is 0 Å². The van der Waals surface area contributed by atoms with Gasteiger partial charge in [0.1, 0.15) is 17.3 Å². The SMILES string of the molecule is CCNS(=O)(=O)c1ccc(C(=O)O[C@H](C)C(=O)Nc2c(F)cccc2F)cc1. The first-order valence-electron chi connectivity index (χ1n) is 8.21. The van der Waals surface area contributed by atoms with Gasteiger partial charge in [-0.25, -0.2) is 26.7 Å². The van der Waals surface area contributed by atoms with Gasteiger partial charge >= 0.3 is 5.97 Å². The molecule has 0 heterocycles. The largest absolute Gasteiger partial charge is 0.449 e. The van der Waals surface area contributed by atoms with Crippen LogP contribution in [0.1, 0.15) is 24.2 Å². The molecule has 2 aromatic carbocycles. The average Bonchev–Trinajstić information content (AvgIpc) is 2.64. The van der Waals surface area contributed by atoms with Gasteiger partial charge in [0.15, 0.2) is 6.10 Å². The molecule has 0 unspecified atom stereocenters. The predicted octanol–water partition coefficient (Wildman–Crippen LogP) is 2.45. The molecule has 0 saturated carbocycles. The lowest BCUT2D eigenvalue weighted by Crippen LogP contribution is -2.30. The van der Waals surface area contributed by atoms with Gasteiger partial charge in [0.25, 0.3) is 5.91 Å². The number of carbonyl (C=O) groups excluding carboxylic acids is 2. The number of sulfonamides is 1. The molecule has 0 aliphatic rings. The molecule has 0 radical (unpaired) electrons. The summed E-state index contributed by atoms with van der Waals surface area (Å²) in [5.41, 5.74) is -0.638. The number of carbonyl (C=O) groups is 2. The number of rotatable bonds is 7. The molecule has 0 saturated heterocycles. The lowest BCUT2D eigenvalue weighted by Gasteiger charge is -2.14. The normalized spacial score (nSPS) is 12.3. The van der Waals surface area contributed by atoms with E-state index in [4.69, 9.17) is 4.74 Å². The predicted molar refractivity (Wildman–Crippen MR) is 97.2 cm³/mol. The zero-order chi connectivity index (χ0) is 20.9. The molecule has 0 aliphatic carbocycles. The van der Waals surface area contributed by atoms with Gasteiger partial charge in [-0.05, 0) is 43.3 Å². The Morgan fingerprint density at radius 3 is 2.18 bits per heavy atom. The van der Waals surface area contributed by atoms with Crippen molar-refractivity contribution in [3.63, 3.8) is 0 Å². The van der Waals surface area contributed by atoms with E-state index in [-0.39, 0.29) is 17.0 Å². The van der Waals surface area contributed by atoms with Crippen LogP contribution in [-0.2, 0) is 19.6 Å². The van der Waals surface area contributed by atoms with E-state index in [1.165, 1.54) is 31.2 Å². The maximum Gasteiger partial charge on any atom is 0.338 e. The van der Waals surface area contributed by atoms with E-state index in [9.17, 15) is 26.8 Å². The summed E-state index contributed by atoms with van der Waals surface area (Å²) >= 11 is 0. The number of amides is 1. The van der Waals surface area contributed by atoms with Crippen LogP contribution in [0.25, 0.3) is 0 Å². The van der Waals surface area contributed by atoms with Crippen LogP contribution >= 0.6 is 0 Å². The summed E-state index contributed by atoms with van der Waals surface area (Å²) in [6.45, 7) is 3.07. The van der Waals surface area contributed by atoms with Crippen LogP contribution < -0.4 is 10.0 Å². The van der Waals surface area contributed by atoms with Gasteiger partial charge < -0.3 is 10.1 Å². The fourth-order valence-corrected chi connectivity index (χ4v) is 3.21. The highest BCUT2D eigenvalue weighted by molar-refractivity contribution is 7.89. The number of halogens is 2. The number of para-hydroxylation sites is 1. The summed E-state index contributed by atoms with van der Waals surface area (Å²) in [5.74, 6) is -3.76. The molecule has 0 aromatic heterocycles. The highest BCUT2D eigenvalue weighted by atomic mass is 32.2. The molecule has 150 valence electrons. The maximum absolute atomic E-state index is 13.6. The molecule has 2 aromatic rings. The number of ether oxygens (including phenoxy) is 1. The molecule has 1 amide bonds. The minimum atomic E-state index is -3.67. The summed E-state index contributed by atoms with van der Waals surface area (Å²) in [7, 11) is -3.67. The topological polar surface area (TPSA) is 102 Å². The number of anilines is 1. The van der Waals surface area contributed by atoms with Crippen LogP contribution in [-0.4, -0.2) is 32.9 Å². The molecule has 2 rings (SSSR count). The number of hydrogen-bond donors (Lipinski definition) is 2. The van der Waals surface area contributed by atoms with Crippen LogP contribution in [0, 0.1) is 11.6 Å². The third kappa shape index (κ3) is 5.11. The summed E-state index contributed by atoms with van der Waals surface area (Å²) in [4.78, 5) is 24.1. The van der Waals surface area contributed by atoms with Gasteiger partial charge in [-0.15, -0.1) is 0 Å². The highest BCUT2D eigenvalue weighted by Crippen LogP contribution is 2.19. The highest BCUT2D eigenvalue weighted by Gasteiger charge is 2.22.